The summed E-state index contributed by atoms with van der Waals surface area (Å²) in [6.07, 6.45) is 9.75. The molecular weight excluding hydrogens is 330 g/mol. The van der Waals surface area contributed by atoms with E-state index in [2.05, 4.69) is 12.2 Å². The van der Waals surface area contributed by atoms with Crippen LogP contribution in [0.25, 0.3) is 0 Å². The molecule has 2 bridgehead atoms. The van der Waals surface area contributed by atoms with Crippen LogP contribution >= 0.6 is 0 Å². The summed E-state index contributed by atoms with van der Waals surface area (Å²) in [5, 5.41) is 23.9. The van der Waals surface area contributed by atoms with Crippen molar-refractivity contribution in [2.24, 2.45) is 28.6 Å². The third-order valence-electron chi connectivity index (χ3n) is 9.23. The van der Waals surface area contributed by atoms with Gasteiger partial charge in [-0.3, -0.25) is 4.79 Å². The van der Waals surface area contributed by atoms with Gasteiger partial charge in [-0.15, -0.1) is 0 Å². The zero-order valence-corrected chi connectivity index (χ0v) is 15.9. The smallest absolute Gasteiger partial charge is 0.246 e. The van der Waals surface area contributed by atoms with Crippen molar-refractivity contribution in [1.29, 1.82) is 0 Å². The van der Waals surface area contributed by atoms with Crippen LogP contribution in [0.4, 0.5) is 0 Å². The van der Waals surface area contributed by atoms with Gasteiger partial charge < -0.3 is 20.3 Å². The molecule has 0 aromatic heterocycles. The molecule has 3 N–H and O–H groups in total. The van der Waals surface area contributed by atoms with E-state index >= 15 is 0 Å². The van der Waals surface area contributed by atoms with Crippen LogP contribution in [0.2, 0.25) is 0 Å². The van der Waals surface area contributed by atoms with Crippen molar-refractivity contribution >= 4 is 5.91 Å². The van der Waals surface area contributed by atoms with Gasteiger partial charge in [-0.2, -0.15) is 0 Å². The average molecular weight is 361 g/mol. The Morgan fingerprint density at radius 3 is 2.81 bits per heavy atom. The molecule has 7 unspecified atom stereocenters. The zero-order chi connectivity index (χ0) is 18.4. The summed E-state index contributed by atoms with van der Waals surface area (Å²) in [4.78, 5) is 12.2. The average Bonchev–Trinajstić information content (AvgIpc) is 3.07. The first kappa shape index (κ1) is 17.2. The molecule has 5 aliphatic rings. The standard InChI is InChI=1S/C21H31NO4/c1-18-7-8-21(26-2)15(9-17(24)22-21)14(18)5-6-19-10-13(3-4-16(18)19)20(25,11-19)12-23/h9,13-14,16,23,25H,3-8,10-12H2,1-2H3,(H,22,24). The van der Waals surface area contributed by atoms with E-state index < -0.39 is 11.3 Å². The van der Waals surface area contributed by atoms with Crippen LogP contribution in [0.15, 0.2) is 11.6 Å². The van der Waals surface area contributed by atoms with Crippen molar-refractivity contribution in [2.75, 3.05) is 13.7 Å². The lowest BCUT2D eigenvalue weighted by Gasteiger charge is -2.62. The topological polar surface area (TPSA) is 78.8 Å². The highest BCUT2D eigenvalue weighted by Crippen LogP contribution is 2.72. The van der Waals surface area contributed by atoms with Crippen LogP contribution in [0.5, 0.6) is 0 Å². The molecular formula is C21H31NO4. The third-order valence-corrected chi connectivity index (χ3v) is 9.23. The molecule has 144 valence electrons. The number of hydrogen-bond donors (Lipinski definition) is 3. The molecule has 26 heavy (non-hydrogen) atoms. The SMILES string of the molecule is COC12CCC3(C)C(CCC45CC(CCC43)C(O)(CO)C5)C1=CC(=O)N2. The molecule has 1 amide bonds. The fraction of sp³-hybridized carbons (Fsp3) is 0.857. The second-order valence-electron chi connectivity index (χ2n) is 10.0. The van der Waals surface area contributed by atoms with E-state index in [0.29, 0.717) is 11.8 Å². The summed E-state index contributed by atoms with van der Waals surface area (Å²) < 4.78 is 5.84. The van der Waals surface area contributed by atoms with E-state index in [1.165, 1.54) is 0 Å². The molecule has 5 rings (SSSR count). The lowest BCUT2D eigenvalue weighted by atomic mass is 9.43. The van der Waals surface area contributed by atoms with E-state index in [-0.39, 0.29) is 29.3 Å². The Morgan fingerprint density at radius 2 is 2.08 bits per heavy atom. The van der Waals surface area contributed by atoms with Crippen LogP contribution in [-0.2, 0) is 9.53 Å². The summed E-state index contributed by atoms with van der Waals surface area (Å²) in [5.41, 5.74) is -0.0112. The number of methoxy groups -OCH3 is 1. The zero-order valence-electron chi connectivity index (χ0n) is 15.9. The molecule has 0 aromatic carbocycles. The number of ether oxygens (including phenoxy) is 1. The lowest BCUT2D eigenvalue weighted by molar-refractivity contribution is -0.138. The van der Waals surface area contributed by atoms with Gasteiger partial charge >= 0.3 is 0 Å². The first-order valence-corrected chi connectivity index (χ1v) is 10.2. The Morgan fingerprint density at radius 1 is 1.27 bits per heavy atom. The fourth-order valence-electron chi connectivity index (χ4n) is 8.13. The maximum Gasteiger partial charge on any atom is 0.246 e. The van der Waals surface area contributed by atoms with Crippen LogP contribution in [0.3, 0.4) is 0 Å². The second kappa shape index (κ2) is 5.12. The Hall–Kier alpha value is -0.910. The summed E-state index contributed by atoms with van der Waals surface area (Å²) >= 11 is 0. The highest BCUT2D eigenvalue weighted by Gasteiger charge is 2.68. The summed E-state index contributed by atoms with van der Waals surface area (Å²) in [6, 6.07) is 0. The van der Waals surface area contributed by atoms with Gasteiger partial charge in [0, 0.05) is 13.2 Å². The first-order chi connectivity index (χ1) is 12.3. The largest absolute Gasteiger partial charge is 0.393 e. The number of rotatable bonds is 2. The van der Waals surface area contributed by atoms with E-state index in [0.717, 1.165) is 56.9 Å². The van der Waals surface area contributed by atoms with Crippen LogP contribution in [-0.4, -0.2) is 41.2 Å². The quantitative estimate of drug-likeness (QED) is 0.704. The molecule has 4 saturated carbocycles. The van der Waals surface area contributed by atoms with Crippen LogP contribution in [0.1, 0.15) is 58.3 Å². The number of aliphatic hydroxyl groups excluding tert-OH is 1. The first-order valence-electron chi connectivity index (χ1n) is 10.2. The maximum atomic E-state index is 12.2. The van der Waals surface area contributed by atoms with Crippen LogP contribution in [0, 0.1) is 28.6 Å². The van der Waals surface area contributed by atoms with Gasteiger partial charge in [-0.05, 0) is 85.5 Å². The molecule has 1 heterocycles. The van der Waals surface area contributed by atoms with Gasteiger partial charge in [0.05, 0.1) is 12.2 Å². The van der Waals surface area contributed by atoms with Gasteiger partial charge in [0.2, 0.25) is 5.91 Å². The minimum atomic E-state index is -0.882. The normalized spacial score (nSPS) is 54.8. The lowest BCUT2D eigenvalue weighted by Crippen LogP contribution is -2.59. The molecule has 5 nitrogen and oxygen atoms in total. The van der Waals surface area contributed by atoms with Crippen molar-refractivity contribution in [3.05, 3.63) is 11.6 Å². The number of carbonyl (C=O) groups excluding carboxylic acids is 1. The van der Waals surface area contributed by atoms with Gasteiger partial charge in [-0.25, -0.2) is 0 Å². The van der Waals surface area contributed by atoms with Crippen molar-refractivity contribution in [2.45, 2.75) is 69.6 Å². The van der Waals surface area contributed by atoms with Gasteiger partial charge in [0.1, 0.15) is 0 Å². The molecule has 7 atom stereocenters. The van der Waals surface area contributed by atoms with Crippen molar-refractivity contribution < 1.29 is 19.7 Å². The predicted octanol–water partition coefficient (Wildman–Crippen LogP) is 2.13. The Balaban J connectivity index is 1.54. The number of fused-ring (bicyclic) bond motifs is 5. The number of nitrogens with one attached hydrogen (secondary N) is 1. The van der Waals surface area contributed by atoms with Gasteiger partial charge in [0.25, 0.3) is 0 Å². The predicted molar refractivity (Wildman–Crippen MR) is 95.9 cm³/mol. The van der Waals surface area contributed by atoms with Crippen molar-refractivity contribution in [1.82, 2.24) is 5.32 Å². The highest BCUT2D eigenvalue weighted by molar-refractivity contribution is 5.92. The fourth-order valence-corrected chi connectivity index (χ4v) is 8.13. The molecule has 0 radical (unpaired) electrons. The van der Waals surface area contributed by atoms with Crippen molar-refractivity contribution in [3.8, 4) is 0 Å². The highest BCUT2D eigenvalue weighted by atomic mass is 16.5. The van der Waals surface area contributed by atoms with E-state index in [9.17, 15) is 15.0 Å². The van der Waals surface area contributed by atoms with Gasteiger partial charge in [-0.1, -0.05) is 6.92 Å². The minimum Gasteiger partial charge on any atom is -0.393 e. The molecule has 4 fully saturated rings. The monoisotopic (exact) mass is 361 g/mol. The number of aliphatic hydroxyl groups is 2. The summed E-state index contributed by atoms with van der Waals surface area (Å²) in [7, 11) is 1.70. The Labute approximate surface area is 155 Å². The second-order valence-corrected chi connectivity index (χ2v) is 10.0. The van der Waals surface area contributed by atoms with E-state index in [1.54, 1.807) is 13.2 Å². The van der Waals surface area contributed by atoms with Crippen molar-refractivity contribution in [3.63, 3.8) is 0 Å². The molecule has 0 aromatic rings. The number of amides is 1. The molecule has 1 spiro atoms. The molecule has 0 saturated heterocycles. The Kier molecular flexibility index (Phi) is 3.39. The number of carbonyl (C=O) groups is 1. The molecule has 1 aliphatic heterocycles. The molecule has 4 aliphatic carbocycles. The summed E-state index contributed by atoms with van der Waals surface area (Å²) in [5.74, 6) is 1.15. The van der Waals surface area contributed by atoms with Crippen LogP contribution < -0.4 is 5.32 Å². The Bertz CT molecular complexity index is 691. The van der Waals surface area contributed by atoms with Gasteiger partial charge in [0.15, 0.2) is 5.72 Å². The third kappa shape index (κ3) is 1.90. The van der Waals surface area contributed by atoms with E-state index in [4.69, 9.17) is 4.74 Å². The minimum absolute atomic E-state index is 0.0226. The number of hydrogen-bond acceptors (Lipinski definition) is 4. The summed E-state index contributed by atoms with van der Waals surface area (Å²) in [6.45, 7) is 2.31. The van der Waals surface area contributed by atoms with E-state index in [1.807, 2.05) is 0 Å². The molecule has 5 heteroatoms. The maximum absolute atomic E-state index is 12.2.